The standard InChI is InChI=1S/C7H10N2O3/c1-2-12-4-3-9-6(10)5-8-7(9)11/h2,5,10H,1,3-4H2,(H,8,11). The number of aromatic amines is 1. The van der Waals surface area contributed by atoms with Crippen molar-refractivity contribution < 1.29 is 9.84 Å². The fourth-order valence-corrected chi connectivity index (χ4v) is 0.830. The van der Waals surface area contributed by atoms with Gasteiger partial charge in [-0.3, -0.25) is 4.57 Å². The highest BCUT2D eigenvalue weighted by Crippen LogP contribution is 2.01. The zero-order chi connectivity index (χ0) is 8.97. The number of nitrogens with zero attached hydrogens (tertiary/aromatic N) is 1. The number of nitrogens with one attached hydrogen (secondary N) is 1. The molecule has 2 N–H and O–H groups in total. The SMILES string of the molecule is C=COCCn1c(O)c[nH]c1=O. The first-order chi connectivity index (χ1) is 5.75. The molecule has 0 unspecified atom stereocenters. The summed E-state index contributed by atoms with van der Waals surface area (Å²) in [5.74, 6) is -0.0901. The van der Waals surface area contributed by atoms with Crippen LogP contribution in [0, 0.1) is 0 Å². The predicted octanol–water partition coefficient (Wildman–Crippen LogP) is 0.0421. The third-order valence-corrected chi connectivity index (χ3v) is 1.40. The number of hydrogen-bond acceptors (Lipinski definition) is 3. The summed E-state index contributed by atoms with van der Waals surface area (Å²) in [6, 6.07) is 0. The molecule has 0 saturated heterocycles. The van der Waals surface area contributed by atoms with Crippen molar-refractivity contribution in [1.82, 2.24) is 9.55 Å². The van der Waals surface area contributed by atoms with Crippen LogP contribution in [0.25, 0.3) is 0 Å². The molecule has 5 heteroatoms. The molecule has 0 aliphatic heterocycles. The van der Waals surface area contributed by atoms with E-state index in [2.05, 4.69) is 11.6 Å². The molecular formula is C7H10N2O3. The molecule has 0 amide bonds. The molecule has 0 radical (unpaired) electrons. The van der Waals surface area contributed by atoms with Crippen LogP contribution in [0.2, 0.25) is 0 Å². The van der Waals surface area contributed by atoms with E-state index in [1.807, 2.05) is 0 Å². The first-order valence-electron chi connectivity index (χ1n) is 3.45. The third-order valence-electron chi connectivity index (χ3n) is 1.40. The summed E-state index contributed by atoms with van der Waals surface area (Å²) in [5, 5.41) is 9.08. The van der Waals surface area contributed by atoms with E-state index in [0.29, 0.717) is 13.2 Å². The Morgan fingerprint density at radius 1 is 1.83 bits per heavy atom. The van der Waals surface area contributed by atoms with E-state index in [1.165, 1.54) is 17.0 Å². The Hall–Kier alpha value is -1.65. The molecule has 66 valence electrons. The summed E-state index contributed by atoms with van der Waals surface area (Å²) < 4.78 is 5.97. The van der Waals surface area contributed by atoms with Crippen molar-refractivity contribution in [3.8, 4) is 5.88 Å². The average Bonchev–Trinajstić information content (AvgIpc) is 2.35. The summed E-state index contributed by atoms with van der Waals surface area (Å²) in [5.41, 5.74) is -0.347. The molecular weight excluding hydrogens is 160 g/mol. The second-order valence-electron chi connectivity index (χ2n) is 2.14. The van der Waals surface area contributed by atoms with E-state index in [-0.39, 0.29) is 11.6 Å². The minimum absolute atomic E-state index is 0.0901. The van der Waals surface area contributed by atoms with Gasteiger partial charge in [-0.1, -0.05) is 6.58 Å². The van der Waals surface area contributed by atoms with E-state index in [1.54, 1.807) is 0 Å². The van der Waals surface area contributed by atoms with Gasteiger partial charge >= 0.3 is 5.69 Å². The lowest BCUT2D eigenvalue weighted by molar-refractivity contribution is 0.229. The molecule has 0 saturated carbocycles. The van der Waals surface area contributed by atoms with E-state index in [4.69, 9.17) is 9.84 Å². The smallest absolute Gasteiger partial charge is 0.328 e. The van der Waals surface area contributed by atoms with Crippen LogP contribution in [-0.4, -0.2) is 21.3 Å². The lowest BCUT2D eigenvalue weighted by Gasteiger charge is -2.01. The van der Waals surface area contributed by atoms with Crippen LogP contribution in [0.15, 0.2) is 23.8 Å². The van der Waals surface area contributed by atoms with Gasteiger partial charge in [0.2, 0.25) is 5.88 Å². The van der Waals surface area contributed by atoms with Crippen LogP contribution < -0.4 is 5.69 Å². The summed E-state index contributed by atoms with van der Waals surface area (Å²) in [6.07, 6.45) is 2.52. The van der Waals surface area contributed by atoms with Gasteiger partial charge in [-0.05, 0) is 0 Å². The van der Waals surface area contributed by atoms with Gasteiger partial charge in [-0.2, -0.15) is 0 Å². The van der Waals surface area contributed by atoms with Crippen LogP contribution in [-0.2, 0) is 11.3 Å². The monoisotopic (exact) mass is 170 g/mol. The quantitative estimate of drug-likeness (QED) is 0.495. The number of aromatic hydroxyl groups is 1. The van der Waals surface area contributed by atoms with Crippen molar-refractivity contribution in [2.24, 2.45) is 0 Å². The number of rotatable bonds is 4. The van der Waals surface area contributed by atoms with Gasteiger partial charge in [0.25, 0.3) is 0 Å². The predicted molar refractivity (Wildman–Crippen MR) is 42.9 cm³/mol. The van der Waals surface area contributed by atoms with E-state index in [0.717, 1.165) is 0 Å². The van der Waals surface area contributed by atoms with E-state index < -0.39 is 0 Å². The van der Waals surface area contributed by atoms with Crippen LogP contribution >= 0.6 is 0 Å². The zero-order valence-electron chi connectivity index (χ0n) is 6.49. The highest BCUT2D eigenvalue weighted by atomic mass is 16.5. The van der Waals surface area contributed by atoms with Gasteiger partial charge < -0.3 is 14.8 Å². The molecule has 0 fully saturated rings. The lowest BCUT2D eigenvalue weighted by atomic mass is 10.6. The maximum Gasteiger partial charge on any atom is 0.328 e. The summed E-state index contributed by atoms with van der Waals surface area (Å²) >= 11 is 0. The molecule has 12 heavy (non-hydrogen) atoms. The number of hydrogen-bond donors (Lipinski definition) is 2. The highest BCUT2D eigenvalue weighted by molar-refractivity contribution is 5.02. The van der Waals surface area contributed by atoms with Crippen LogP contribution in [0.3, 0.4) is 0 Å². The number of ether oxygens (including phenoxy) is 1. The molecule has 1 heterocycles. The van der Waals surface area contributed by atoms with E-state index in [9.17, 15) is 4.79 Å². The summed E-state index contributed by atoms with van der Waals surface area (Å²) in [6.45, 7) is 3.96. The van der Waals surface area contributed by atoms with Gasteiger partial charge in [-0.15, -0.1) is 0 Å². The topological polar surface area (TPSA) is 67.2 Å². The average molecular weight is 170 g/mol. The molecule has 1 rings (SSSR count). The molecule has 1 aromatic rings. The fraction of sp³-hybridized carbons (Fsp3) is 0.286. The molecule has 5 nitrogen and oxygen atoms in total. The second-order valence-corrected chi connectivity index (χ2v) is 2.14. The Labute approximate surface area is 68.9 Å². The van der Waals surface area contributed by atoms with Gasteiger partial charge in [-0.25, -0.2) is 4.79 Å². The van der Waals surface area contributed by atoms with E-state index >= 15 is 0 Å². The van der Waals surface area contributed by atoms with Gasteiger partial charge in [0, 0.05) is 0 Å². The number of H-pyrrole nitrogens is 1. The largest absolute Gasteiger partial charge is 0.500 e. The Kier molecular flexibility index (Phi) is 2.57. The van der Waals surface area contributed by atoms with Crippen LogP contribution in [0.5, 0.6) is 5.88 Å². The molecule has 0 bridgehead atoms. The normalized spacial score (nSPS) is 9.67. The summed E-state index contributed by atoms with van der Waals surface area (Å²) in [7, 11) is 0. The molecule has 0 aliphatic carbocycles. The van der Waals surface area contributed by atoms with Gasteiger partial charge in [0.15, 0.2) is 0 Å². The molecule has 0 aliphatic rings. The maximum absolute atomic E-state index is 10.9. The summed E-state index contributed by atoms with van der Waals surface area (Å²) in [4.78, 5) is 13.2. The number of imidazole rings is 1. The van der Waals surface area contributed by atoms with Crippen molar-refractivity contribution in [3.05, 3.63) is 29.5 Å². The third kappa shape index (κ3) is 1.69. The Morgan fingerprint density at radius 3 is 3.08 bits per heavy atom. The van der Waals surface area contributed by atoms with Crippen LogP contribution in [0.4, 0.5) is 0 Å². The highest BCUT2D eigenvalue weighted by Gasteiger charge is 2.02. The molecule has 0 spiro atoms. The molecule has 1 aromatic heterocycles. The van der Waals surface area contributed by atoms with Gasteiger partial charge in [0.05, 0.1) is 19.0 Å². The van der Waals surface area contributed by atoms with Crippen molar-refractivity contribution in [2.75, 3.05) is 6.61 Å². The van der Waals surface area contributed by atoms with Crippen molar-refractivity contribution in [3.63, 3.8) is 0 Å². The zero-order valence-corrected chi connectivity index (χ0v) is 6.49. The second kappa shape index (κ2) is 3.66. The molecule has 0 aromatic carbocycles. The fourth-order valence-electron chi connectivity index (χ4n) is 0.830. The molecule has 0 atom stereocenters. The number of aromatic nitrogens is 2. The Balaban J connectivity index is 2.61. The van der Waals surface area contributed by atoms with Crippen LogP contribution in [0.1, 0.15) is 0 Å². The lowest BCUT2D eigenvalue weighted by Crippen LogP contribution is -2.18. The first-order valence-corrected chi connectivity index (χ1v) is 3.45. The van der Waals surface area contributed by atoms with Crippen molar-refractivity contribution in [2.45, 2.75) is 6.54 Å². The van der Waals surface area contributed by atoms with Crippen molar-refractivity contribution >= 4 is 0 Å². The first kappa shape index (κ1) is 8.45. The minimum atomic E-state index is -0.347. The van der Waals surface area contributed by atoms with Crippen molar-refractivity contribution in [1.29, 1.82) is 0 Å². The Morgan fingerprint density at radius 2 is 2.58 bits per heavy atom. The minimum Gasteiger partial charge on any atom is -0.500 e. The Bertz CT molecular complexity index is 313. The maximum atomic E-state index is 10.9. The van der Waals surface area contributed by atoms with Gasteiger partial charge in [0.1, 0.15) is 6.61 Å².